The first kappa shape index (κ1) is 19.9. The molecule has 0 radical (unpaired) electrons. The molecule has 146 valence electrons. The molecule has 0 unspecified atom stereocenters. The van der Waals surface area contributed by atoms with Crippen LogP contribution in [0.15, 0.2) is 59.5 Å². The summed E-state index contributed by atoms with van der Waals surface area (Å²) in [5.74, 6) is -0.194. The van der Waals surface area contributed by atoms with Gasteiger partial charge in [0.05, 0.1) is 17.3 Å². The Morgan fingerprint density at radius 1 is 1.00 bits per heavy atom. The van der Waals surface area contributed by atoms with Crippen LogP contribution < -0.4 is 0 Å². The molecule has 0 N–H and O–H groups in total. The average Bonchev–Trinajstić information content (AvgIpc) is 2.63. The predicted octanol–water partition coefficient (Wildman–Crippen LogP) is 3.42. The van der Waals surface area contributed by atoms with E-state index in [1.165, 1.54) is 12.1 Å². The zero-order valence-corrected chi connectivity index (χ0v) is 15.3. The van der Waals surface area contributed by atoms with Gasteiger partial charge in [-0.2, -0.15) is 13.2 Å². The van der Waals surface area contributed by atoms with Crippen LogP contribution in [-0.2, 0) is 26.9 Å². The Balaban J connectivity index is 1.77. The van der Waals surface area contributed by atoms with Gasteiger partial charge in [-0.15, -0.1) is 0 Å². The number of hydrogen-bond acceptors (Lipinski definition) is 4. The molecular formula is C19H20F3NO3S. The van der Waals surface area contributed by atoms with E-state index < -0.39 is 22.1 Å². The number of sulfone groups is 1. The fourth-order valence-corrected chi connectivity index (χ4v) is 4.48. The van der Waals surface area contributed by atoms with Gasteiger partial charge in [-0.25, -0.2) is 8.42 Å². The van der Waals surface area contributed by atoms with E-state index in [9.17, 15) is 21.6 Å². The van der Waals surface area contributed by atoms with Crippen LogP contribution in [0.2, 0.25) is 0 Å². The minimum atomic E-state index is -4.41. The van der Waals surface area contributed by atoms with E-state index in [-0.39, 0.29) is 30.3 Å². The van der Waals surface area contributed by atoms with Crippen molar-refractivity contribution in [2.45, 2.75) is 29.5 Å². The summed E-state index contributed by atoms with van der Waals surface area (Å²) >= 11 is 0. The number of morpholine rings is 1. The number of halogens is 3. The molecular weight excluding hydrogens is 379 g/mol. The summed E-state index contributed by atoms with van der Waals surface area (Å²) in [5, 5.41) is 0. The first-order valence-corrected chi connectivity index (χ1v) is 10.2. The van der Waals surface area contributed by atoms with Crippen molar-refractivity contribution in [3.05, 3.63) is 65.7 Å². The molecule has 1 aliphatic rings. The minimum absolute atomic E-state index is 0.00530. The zero-order valence-electron chi connectivity index (χ0n) is 14.5. The SMILES string of the molecule is O=S(=O)(Cc1ccccc1CN1CCO[C@@H](C(F)(F)F)C1)c1ccccc1. The molecule has 1 aliphatic heterocycles. The topological polar surface area (TPSA) is 46.6 Å². The smallest absolute Gasteiger partial charge is 0.366 e. The molecule has 0 aromatic heterocycles. The molecule has 27 heavy (non-hydrogen) atoms. The van der Waals surface area contributed by atoms with Crippen molar-refractivity contribution < 1.29 is 26.3 Å². The van der Waals surface area contributed by atoms with Crippen LogP contribution in [0, 0.1) is 0 Å². The number of alkyl halides is 3. The van der Waals surface area contributed by atoms with Crippen LogP contribution in [0.25, 0.3) is 0 Å². The summed E-state index contributed by atoms with van der Waals surface area (Å²) in [4.78, 5) is 1.87. The maximum Gasteiger partial charge on any atom is 0.415 e. The van der Waals surface area contributed by atoms with E-state index in [0.717, 1.165) is 0 Å². The zero-order chi connectivity index (χ0) is 19.5. The second-order valence-corrected chi connectivity index (χ2v) is 8.47. The van der Waals surface area contributed by atoms with Gasteiger partial charge in [0.15, 0.2) is 15.9 Å². The van der Waals surface area contributed by atoms with Gasteiger partial charge in [0.1, 0.15) is 0 Å². The summed E-state index contributed by atoms with van der Waals surface area (Å²) in [6, 6.07) is 15.1. The van der Waals surface area contributed by atoms with Gasteiger partial charge in [-0.3, -0.25) is 4.90 Å². The first-order chi connectivity index (χ1) is 12.8. The second-order valence-electron chi connectivity index (χ2n) is 6.48. The lowest BCUT2D eigenvalue weighted by atomic mass is 10.1. The highest BCUT2D eigenvalue weighted by Crippen LogP contribution is 2.27. The third kappa shape index (κ3) is 5.09. The molecule has 2 aromatic carbocycles. The summed E-state index contributed by atoms with van der Waals surface area (Å²) in [7, 11) is -3.53. The first-order valence-electron chi connectivity index (χ1n) is 8.51. The van der Waals surface area contributed by atoms with Crippen molar-refractivity contribution in [2.24, 2.45) is 0 Å². The van der Waals surface area contributed by atoms with E-state index in [2.05, 4.69) is 0 Å². The number of benzene rings is 2. The molecule has 4 nitrogen and oxygen atoms in total. The van der Waals surface area contributed by atoms with Crippen LogP contribution in [0.5, 0.6) is 0 Å². The van der Waals surface area contributed by atoms with Crippen molar-refractivity contribution in [1.82, 2.24) is 4.90 Å². The van der Waals surface area contributed by atoms with Crippen molar-refractivity contribution >= 4 is 9.84 Å². The predicted molar refractivity (Wildman–Crippen MR) is 94.8 cm³/mol. The summed E-state index contributed by atoms with van der Waals surface area (Å²) in [6.07, 6.45) is -6.22. The minimum Gasteiger partial charge on any atom is -0.366 e. The summed E-state index contributed by atoms with van der Waals surface area (Å²) < 4.78 is 68.8. The lowest BCUT2D eigenvalue weighted by Gasteiger charge is -2.34. The molecule has 1 atom stereocenters. The van der Waals surface area contributed by atoms with Gasteiger partial charge in [0.25, 0.3) is 0 Å². The highest BCUT2D eigenvalue weighted by Gasteiger charge is 2.43. The molecule has 0 spiro atoms. The highest BCUT2D eigenvalue weighted by atomic mass is 32.2. The highest BCUT2D eigenvalue weighted by molar-refractivity contribution is 7.90. The van der Waals surface area contributed by atoms with Crippen molar-refractivity contribution in [1.29, 1.82) is 0 Å². The fourth-order valence-electron chi connectivity index (χ4n) is 3.05. The Hall–Kier alpha value is -1.90. The number of rotatable bonds is 5. The van der Waals surface area contributed by atoms with Crippen molar-refractivity contribution in [3.8, 4) is 0 Å². The second kappa shape index (κ2) is 8.00. The molecule has 1 fully saturated rings. The Kier molecular flexibility index (Phi) is 5.88. The van der Waals surface area contributed by atoms with E-state index in [1.807, 2.05) is 0 Å². The largest absolute Gasteiger partial charge is 0.415 e. The van der Waals surface area contributed by atoms with Crippen molar-refractivity contribution in [2.75, 3.05) is 19.7 Å². The monoisotopic (exact) mass is 399 g/mol. The van der Waals surface area contributed by atoms with Gasteiger partial charge in [0, 0.05) is 19.6 Å². The van der Waals surface area contributed by atoms with Gasteiger partial charge < -0.3 is 4.74 Å². The standard InChI is InChI=1S/C19H20F3NO3S/c20-19(21,22)18-13-23(10-11-26-18)12-15-6-4-5-7-16(15)14-27(24,25)17-8-2-1-3-9-17/h1-9,18H,10-14H2/t18-/m1/s1. The van der Waals surface area contributed by atoms with Crippen molar-refractivity contribution in [3.63, 3.8) is 0 Å². The normalized spacial score (nSPS) is 19.1. The van der Waals surface area contributed by atoms with Gasteiger partial charge in [-0.1, -0.05) is 42.5 Å². The molecule has 0 saturated carbocycles. The Bertz CT molecular complexity index is 869. The molecule has 0 bridgehead atoms. The van der Waals surface area contributed by atoms with Gasteiger partial charge in [0.2, 0.25) is 0 Å². The Morgan fingerprint density at radius 3 is 2.30 bits per heavy atom. The van der Waals surface area contributed by atoms with E-state index in [4.69, 9.17) is 4.74 Å². The Labute approximate surface area is 156 Å². The van der Waals surface area contributed by atoms with E-state index in [0.29, 0.717) is 17.7 Å². The van der Waals surface area contributed by atoms with Crippen LogP contribution in [0.4, 0.5) is 13.2 Å². The van der Waals surface area contributed by atoms with E-state index >= 15 is 0 Å². The third-order valence-corrected chi connectivity index (χ3v) is 6.16. The average molecular weight is 399 g/mol. The molecule has 0 amide bonds. The summed E-state index contributed by atoms with van der Waals surface area (Å²) in [5.41, 5.74) is 1.30. The lowest BCUT2D eigenvalue weighted by molar-refractivity contribution is -0.237. The maximum atomic E-state index is 12.9. The Morgan fingerprint density at radius 2 is 1.63 bits per heavy atom. The van der Waals surface area contributed by atoms with Gasteiger partial charge in [-0.05, 0) is 23.3 Å². The van der Waals surface area contributed by atoms with E-state index in [1.54, 1.807) is 47.4 Å². The summed E-state index contributed by atoms with van der Waals surface area (Å²) in [6.45, 7) is 0.348. The molecule has 2 aromatic rings. The fraction of sp³-hybridized carbons (Fsp3) is 0.368. The quantitative estimate of drug-likeness (QED) is 0.773. The molecule has 0 aliphatic carbocycles. The van der Waals surface area contributed by atoms with Crippen LogP contribution in [0.3, 0.4) is 0 Å². The van der Waals surface area contributed by atoms with Crippen LogP contribution in [0.1, 0.15) is 11.1 Å². The molecule has 8 heteroatoms. The maximum absolute atomic E-state index is 12.9. The molecule has 1 heterocycles. The number of nitrogens with zero attached hydrogens (tertiary/aromatic N) is 1. The third-order valence-electron chi connectivity index (χ3n) is 4.48. The number of hydrogen-bond donors (Lipinski definition) is 0. The number of ether oxygens (including phenoxy) is 1. The van der Waals surface area contributed by atoms with Crippen LogP contribution in [-0.4, -0.2) is 45.3 Å². The molecule has 1 saturated heterocycles. The molecule has 3 rings (SSSR count). The van der Waals surface area contributed by atoms with Crippen LogP contribution >= 0.6 is 0 Å². The van der Waals surface area contributed by atoms with Gasteiger partial charge >= 0.3 is 6.18 Å². The lowest BCUT2D eigenvalue weighted by Crippen LogP contribution is -2.48.